The van der Waals surface area contributed by atoms with Gasteiger partial charge in [-0.15, -0.1) is 0 Å². The minimum atomic E-state index is -1.07. The topological polar surface area (TPSA) is 133 Å². The number of benzene rings is 2. The van der Waals surface area contributed by atoms with Gasteiger partial charge in [0, 0.05) is 5.69 Å². The van der Waals surface area contributed by atoms with Gasteiger partial charge in [-0.1, -0.05) is 24.3 Å². The van der Waals surface area contributed by atoms with Gasteiger partial charge >= 0.3 is 5.97 Å². The van der Waals surface area contributed by atoms with E-state index >= 15 is 0 Å². The molecule has 2 aromatic rings. The van der Waals surface area contributed by atoms with E-state index in [0.29, 0.717) is 24.9 Å². The average molecular weight is 444 g/mol. The van der Waals surface area contributed by atoms with Crippen LogP contribution in [0.15, 0.2) is 48.5 Å². The number of nitrogens with two attached hydrogens (primary N) is 1. The molecule has 0 spiro atoms. The Morgan fingerprint density at radius 2 is 1.74 bits per heavy atom. The molecule has 0 radical (unpaired) electrons. The molecule has 9 heteroatoms. The number of carboxylic acid groups (broad SMARTS) is 1. The van der Waals surface area contributed by atoms with Crippen molar-refractivity contribution in [2.45, 2.75) is 36.6 Å². The molecular formula is C22H25N3O5S. The fourth-order valence-electron chi connectivity index (χ4n) is 3.77. The summed E-state index contributed by atoms with van der Waals surface area (Å²) in [4.78, 5) is 38.3. The number of likely N-dealkylation sites (tertiary alicyclic amines) is 1. The third-order valence-electron chi connectivity index (χ3n) is 5.36. The highest BCUT2D eigenvalue weighted by Gasteiger charge is 2.41. The molecule has 0 saturated carbocycles. The van der Waals surface area contributed by atoms with Crippen LogP contribution in [0.1, 0.15) is 30.0 Å². The van der Waals surface area contributed by atoms with Crippen LogP contribution >= 0.6 is 12.6 Å². The highest BCUT2D eigenvalue weighted by atomic mass is 32.1. The molecule has 164 valence electrons. The number of nitrogens with one attached hydrogen (secondary N) is 1. The van der Waals surface area contributed by atoms with Crippen molar-refractivity contribution in [3.8, 4) is 5.75 Å². The average Bonchev–Trinajstić information content (AvgIpc) is 3.19. The summed E-state index contributed by atoms with van der Waals surface area (Å²) in [5, 5.41) is 20.8. The van der Waals surface area contributed by atoms with E-state index in [1.165, 1.54) is 17.0 Å². The van der Waals surface area contributed by atoms with Crippen LogP contribution in [0.4, 0.5) is 5.69 Å². The summed E-state index contributed by atoms with van der Waals surface area (Å²) >= 11 is 4.30. The molecule has 31 heavy (non-hydrogen) atoms. The fraction of sp³-hybridized carbons (Fsp3) is 0.318. The zero-order valence-electron chi connectivity index (χ0n) is 16.8. The molecule has 1 aliphatic heterocycles. The number of aliphatic carboxylic acids is 1. The van der Waals surface area contributed by atoms with Crippen molar-refractivity contribution in [2.24, 2.45) is 0 Å². The van der Waals surface area contributed by atoms with Crippen molar-refractivity contribution < 1.29 is 24.6 Å². The lowest BCUT2D eigenvalue weighted by Crippen LogP contribution is -2.47. The molecule has 2 amide bonds. The van der Waals surface area contributed by atoms with Crippen molar-refractivity contribution in [2.75, 3.05) is 12.3 Å². The van der Waals surface area contributed by atoms with E-state index in [2.05, 4.69) is 17.9 Å². The van der Waals surface area contributed by atoms with Gasteiger partial charge in [0.1, 0.15) is 11.8 Å². The SMILES string of the molecule is Nc1ccc(C2CC[C@@H](C(=O)O)N2C(=O)CNC(=O)C(S)Cc2ccc(O)cc2)cc1. The van der Waals surface area contributed by atoms with Gasteiger partial charge in [-0.05, 0) is 54.7 Å². The predicted octanol–water partition coefficient (Wildman–Crippen LogP) is 1.75. The van der Waals surface area contributed by atoms with Crippen LogP contribution in [0.2, 0.25) is 0 Å². The number of thiol groups is 1. The summed E-state index contributed by atoms with van der Waals surface area (Å²) in [5.41, 5.74) is 7.92. The first-order valence-corrected chi connectivity index (χ1v) is 10.4. The second-order valence-corrected chi connectivity index (χ2v) is 8.14. The van der Waals surface area contributed by atoms with Crippen LogP contribution in [-0.4, -0.2) is 50.7 Å². The van der Waals surface area contributed by atoms with Crippen LogP contribution in [0, 0.1) is 0 Å². The highest BCUT2D eigenvalue weighted by molar-refractivity contribution is 7.81. The van der Waals surface area contributed by atoms with Gasteiger partial charge in [0.05, 0.1) is 17.8 Å². The van der Waals surface area contributed by atoms with Crippen molar-refractivity contribution in [1.29, 1.82) is 0 Å². The first kappa shape index (κ1) is 22.5. The minimum absolute atomic E-state index is 0.128. The maximum Gasteiger partial charge on any atom is 0.326 e. The lowest BCUT2D eigenvalue weighted by molar-refractivity contribution is -0.149. The molecule has 1 heterocycles. The minimum Gasteiger partial charge on any atom is -0.508 e. The van der Waals surface area contributed by atoms with E-state index in [4.69, 9.17) is 5.73 Å². The normalized spacial score (nSPS) is 19.1. The van der Waals surface area contributed by atoms with Crippen molar-refractivity contribution in [3.63, 3.8) is 0 Å². The number of rotatable bonds is 7. The number of carboxylic acids is 1. The molecule has 1 aliphatic rings. The van der Waals surface area contributed by atoms with Gasteiger partial charge in [0.2, 0.25) is 11.8 Å². The summed E-state index contributed by atoms with van der Waals surface area (Å²) < 4.78 is 0. The van der Waals surface area contributed by atoms with Crippen LogP contribution in [0.5, 0.6) is 5.75 Å². The number of phenols is 1. The second kappa shape index (κ2) is 9.74. The number of nitrogens with zero attached hydrogens (tertiary/aromatic N) is 1. The number of amides is 2. The zero-order chi connectivity index (χ0) is 22.5. The van der Waals surface area contributed by atoms with Crippen LogP contribution in [0.3, 0.4) is 0 Å². The molecule has 2 unspecified atom stereocenters. The van der Waals surface area contributed by atoms with Crippen LogP contribution < -0.4 is 11.1 Å². The number of hydrogen-bond donors (Lipinski definition) is 5. The van der Waals surface area contributed by atoms with Gasteiger partial charge in [-0.2, -0.15) is 12.6 Å². The number of hydrogen-bond acceptors (Lipinski definition) is 6. The van der Waals surface area contributed by atoms with Gasteiger partial charge in [-0.25, -0.2) is 4.79 Å². The number of nitrogen functional groups attached to an aromatic ring is 1. The van der Waals surface area contributed by atoms with Crippen molar-refractivity contribution >= 4 is 36.1 Å². The molecule has 2 aromatic carbocycles. The Labute approximate surface area is 185 Å². The summed E-state index contributed by atoms with van der Waals surface area (Å²) in [7, 11) is 0. The molecule has 5 N–H and O–H groups in total. The van der Waals surface area contributed by atoms with Gasteiger partial charge in [0.25, 0.3) is 0 Å². The first-order chi connectivity index (χ1) is 14.8. The van der Waals surface area contributed by atoms with E-state index < -0.39 is 35.1 Å². The number of phenolic OH excluding ortho intramolecular Hbond substituents is 1. The molecular weight excluding hydrogens is 418 g/mol. The number of carbonyl (C=O) groups excluding carboxylic acids is 2. The Morgan fingerprint density at radius 1 is 1.10 bits per heavy atom. The van der Waals surface area contributed by atoms with Gasteiger partial charge in [0.15, 0.2) is 0 Å². The zero-order valence-corrected chi connectivity index (χ0v) is 17.7. The summed E-state index contributed by atoms with van der Waals surface area (Å²) in [5.74, 6) is -1.84. The fourth-order valence-corrected chi connectivity index (χ4v) is 4.07. The second-order valence-electron chi connectivity index (χ2n) is 7.52. The molecule has 0 bridgehead atoms. The lowest BCUT2D eigenvalue weighted by Gasteiger charge is -2.29. The van der Waals surface area contributed by atoms with Crippen LogP contribution in [0.25, 0.3) is 0 Å². The Hall–Kier alpha value is -3.20. The first-order valence-electron chi connectivity index (χ1n) is 9.89. The lowest BCUT2D eigenvalue weighted by atomic mass is 10.0. The Bertz CT molecular complexity index is 949. The van der Waals surface area contributed by atoms with E-state index in [1.807, 2.05) is 0 Å². The third kappa shape index (κ3) is 5.49. The Kier molecular flexibility index (Phi) is 7.06. The number of carbonyl (C=O) groups is 3. The van der Waals surface area contributed by atoms with Crippen molar-refractivity contribution in [1.82, 2.24) is 10.2 Å². The third-order valence-corrected chi connectivity index (χ3v) is 5.78. The maximum atomic E-state index is 12.9. The molecule has 0 aromatic heterocycles. The molecule has 3 rings (SSSR count). The maximum absolute atomic E-state index is 12.9. The smallest absolute Gasteiger partial charge is 0.326 e. The van der Waals surface area contributed by atoms with E-state index in [9.17, 15) is 24.6 Å². The molecule has 0 aliphatic carbocycles. The highest BCUT2D eigenvalue weighted by Crippen LogP contribution is 2.36. The van der Waals surface area contributed by atoms with Crippen molar-refractivity contribution in [3.05, 3.63) is 59.7 Å². The molecule has 1 saturated heterocycles. The largest absolute Gasteiger partial charge is 0.508 e. The monoisotopic (exact) mass is 443 g/mol. The van der Waals surface area contributed by atoms with E-state index in [1.54, 1.807) is 36.4 Å². The summed E-state index contributed by atoms with van der Waals surface area (Å²) in [6.45, 7) is -0.319. The number of aromatic hydroxyl groups is 1. The van der Waals surface area contributed by atoms with Gasteiger partial charge in [-0.3, -0.25) is 9.59 Å². The summed E-state index contributed by atoms with van der Waals surface area (Å²) in [6.07, 6.45) is 1.16. The Morgan fingerprint density at radius 3 is 2.35 bits per heavy atom. The number of anilines is 1. The quantitative estimate of drug-likeness (QED) is 0.327. The summed E-state index contributed by atoms with van der Waals surface area (Å²) in [6, 6.07) is 12.1. The van der Waals surface area contributed by atoms with E-state index in [-0.39, 0.29) is 12.3 Å². The molecule has 1 fully saturated rings. The van der Waals surface area contributed by atoms with E-state index in [0.717, 1.165) is 11.1 Å². The standard InChI is InChI=1S/C22H25N3O5S/c23-15-5-3-14(4-6-15)17-9-10-18(22(29)30)25(17)20(27)12-24-21(28)19(31)11-13-1-7-16(26)8-2-13/h1-8,17-19,26,31H,9-12,23H2,(H,24,28)(H,29,30)/t17?,18-,19?/m0/s1. The predicted molar refractivity (Wildman–Crippen MR) is 119 cm³/mol. The molecule has 3 atom stereocenters. The van der Waals surface area contributed by atoms with Gasteiger partial charge < -0.3 is 26.2 Å². The molecule has 8 nitrogen and oxygen atoms in total. The Balaban J connectivity index is 1.64. The van der Waals surface area contributed by atoms with Crippen LogP contribution in [-0.2, 0) is 20.8 Å².